The van der Waals surface area contributed by atoms with Gasteiger partial charge in [0.1, 0.15) is 0 Å². The monoisotopic (exact) mass is 246 g/mol. The van der Waals surface area contributed by atoms with Gasteiger partial charge in [-0.15, -0.1) is 0 Å². The van der Waals surface area contributed by atoms with Crippen molar-refractivity contribution in [1.82, 2.24) is 0 Å². The van der Waals surface area contributed by atoms with Gasteiger partial charge in [-0.1, -0.05) is 88.1 Å². The zero-order chi connectivity index (χ0) is 13.1. The molecule has 1 rings (SSSR count). The number of aryl methyl sites for hydroxylation is 2. The molecule has 0 aliphatic heterocycles. The number of benzene rings is 1. The lowest BCUT2D eigenvalue weighted by Crippen LogP contribution is -1.86. The lowest BCUT2D eigenvalue weighted by Gasteiger charge is -2.03. The second-order valence-electron chi connectivity index (χ2n) is 5.56. The summed E-state index contributed by atoms with van der Waals surface area (Å²) in [7, 11) is 0. The molecule has 18 heavy (non-hydrogen) atoms. The molecule has 0 spiro atoms. The van der Waals surface area contributed by atoms with Gasteiger partial charge >= 0.3 is 0 Å². The summed E-state index contributed by atoms with van der Waals surface area (Å²) in [6.45, 7) is 4.44. The Morgan fingerprint density at radius 2 is 1.17 bits per heavy atom. The number of hydrogen-bond donors (Lipinski definition) is 0. The lowest BCUT2D eigenvalue weighted by atomic mass is 10.0. The Balaban J connectivity index is 1.91. The molecule has 0 aliphatic carbocycles. The maximum Gasteiger partial charge on any atom is -0.0279 e. The molecule has 1 aromatic carbocycles. The van der Waals surface area contributed by atoms with Gasteiger partial charge < -0.3 is 0 Å². The smallest absolute Gasteiger partial charge is 0.0279 e. The van der Waals surface area contributed by atoms with E-state index in [2.05, 4.69) is 38.1 Å². The van der Waals surface area contributed by atoms with Crippen LogP contribution in [0.3, 0.4) is 0 Å². The standard InChI is InChI=1S/C18H30/c1-3-4-5-6-7-8-9-10-11-12-18-15-13-17(2)14-16-18/h13-16H,3-12H2,1-2H3. The first-order chi connectivity index (χ1) is 8.83. The molecule has 0 aromatic heterocycles. The lowest BCUT2D eigenvalue weighted by molar-refractivity contribution is 0.565. The third-order valence-electron chi connectivity index (χ3n) is 3.69. The van der Waals surface area contributed by atoms with Crippen molar-refractivity contribution in [3.8, 4) is 0 Å². The van der Waals surface area contributed by atoms with E-state index in [1.54, 1.807) is 0 Å². The average molecular weight is 246 g/mol. The van der Waals surface area contributed by atoms with Crippen molar-refractivity contribution < 1.29 is 0 Å². The van der Waals surface area contributed by atoms with Crippen molar-refractivity contribution in [3.05, 3.63) is 35.4 Å². The third-order valence-corrected chi connectivity index (χ3v) is 3.69. The van der Waals surface area contributed by atoms with E-state index in [1.165, 1.54) is 75.3 Å². The highest BCUT2D eigenvalue weighted by molar-refractivity contribution is 5.21. The fraction of sp³-hybridized carbons (Fsp3) is 0.667. The van der Waals surface area contributed by atoms with Crippen molar-refractivity contribution in [1.29, 1.82) is 0 Å². The van der Waals surface area contributed by atoms with Crippen LogP contribution < -0.4 is 0 Å². The quantitative estimate of drug-likeness (QED) is 0.440. The van der Waals surface area contributed by atoms with Gasteiger partial charge in [-0.25, -0.2) is 0 Å². The summed E-state index contributed by atoms with van der Waals surface area (Å²) in [6, 6.07) is 9.01. The molecule has 0 fully saturated rings. The van der Waals surface area contributed by atoms with Crippen LogP contribution >= 0.6 is 0 Å². The molecule has 0 heterocycles. The van der Waals surface area contributed by atoms with Gasteiger partial charge in [0.05, 0.1) is 0 Å². The molecule has 0 N–H and O–H groups in total. The Bertz CT molecular complexity index is 283. The normalized spacial score (nSPS) is 10.8. The van der Waals surface area contributed by atoms with E-state index in [-0.39, 0.29) is 0 Å². The van der Waals surface area contributed by atoms with Gasteiger partial charge in [0, 0.05) is 0 Å². The molecule has 0 saturated heterocycles. The Kier molecular flexibility index (Phi) is 8.63. The highest BCUT2D eigenvalue weighted by Crippen LogP contribution is 2.12. The van der Waals surface area contributed by atoms with Crippen LogP contribution in [-0.2, 0) is 6.42 Å². The molecular formula is C18H30. The highest BCUT2D eigenvalue weighted by Gasteiger charge is 1.94. The minimum Gasteiger partial charge on any atom is -0.0654 e. The molecule has 0 heteroatoms. The summed E-state index contributed by atoms with van der Waals surface area (Å²) in [6.07, 6.45) is 14.0. The fourth-order valence-corrected chi connectivity index (χ4v) is 2.39. The van der Waals surface area contributed by atoms with Crippen LogP contribution in [0, 0.1) is 6.92 Å². The van der Waals surface area contributed by atoms with E-state index in [0.717, 1.165) is 0 Å². The van der Waals surface area contributed by atoms with Crippen LogP contribution in [0.25, 0.3) is 0 Å². The first-order valence-electron chi connectivity index (χ1n) is 7.88. The molecule has 0 aliphatic rings. The molecule has 0 unspecified atom stereocenters. The number of rotatable bonds is 10. The zero-order valence-electron chi connectivity index (χ0n) is 12.4. The summed E-state index contributed by atoms with van der Waals surface area (Å²) in [5.41, 5.74) is 2.87. The van der Waals surface area contributed by atoms with Crippen molar-refractivity contribution in [2.24, 2.45) is 0 Å². The van der Waals surface area contributed by atoms with E-state index < -0.39 is 0 Å². The summed E-state index contributed by atoms with van der Waals surface area (Å²) in [5.74, 6) is 0. The minimum atomic E-state index is 1.26. The van der Waals surface area contributed by atoms with Gasteiger partial charge in [0.15, 0.2) is 0 Å². The van der Waals surface area contributed by atoms with Crippen molar-refractivity contribution in [2.75, 3.05) is 0 Å². The molecule has 102 valence electrons. The Morgan fingerprint density at radius 3 is 1.72 bits per heavy atom. The second-order valence-corrected chi connectivity index (χ2v) is 5.56. The maximum atomic E-state index is 2.28. The molecule has 0 radical (unpaired) electrons. The van der Waals surface area contributed by atoms with Gasteiger partial charge in [0.25, 0.3) is 0 Å². The van der Waals surface area contributed by atoms with Gasteiger partial charge in [-0.3, -0.25) is 0 Å². The van der Waals surface area contributed by atoms with Crippen LogP contribution in [0.1, 0.15) is 75.8 Å². The predicted molar refractivity (Wildman–Crippen MR) is 82.1 cm³/mol. The first-order valence-corrected chi connectivity index (χ1v) is 7.88. The topological polar surface area (TPSA) is 0 Å². The number of hydrogen-bond acceptors (Lipinski definition) is 0. The minimum absolute atomic E-state index is 1.26. The second kappa shape index (κ2) is 10.2. The van der Waals surface area contributed by atoms with E-state index >= 15 is 0 Å². The van der Waals surface area contributed by atoms with Crippen molar-refractivity contribution >= 4 is 0 Å². The van der Waals surface area contributed by atoms with Crippen LogP contribution in [0.5, 0.6) is 0 Å². The largest absolute Gasteiger partial charge is 0.0654 e. The van der Waals surface area contributed by atoms with E-state index in [1.807, 2.05) is 0 Å². The first kappa shape index (κ1) is 15.3. The van der Waals surface area contributed by atoms with Gasteiger partial charge in [-0.05, 0) is 25.3 Å². The molecular weight excluding hydrogens is 216 g/mol. The Labute approximate surface area is 114 Å². The third kappa shape index (κ3) is 7.53. The summed E-state index contributed by atoms with van der Waals surface area (Å²) in [4.78, 5) is 0. The SMILES string of the molecule is CCCCCCCCCCCc1ccc(C)cc1. The van der Waals surface area contributed by atoms with E-state index in [0.29, 0.717) is 0 Å². The summed E-state index contributed by atoms with van der Waals surface area (Å²) in [5, 5.41) is 0. The van der Waals surface area contributed by atoms with Gasteiger partial charge in [0.2, 0.25) is 0 Å². The molecule has 0 amide bonds. The highest BCUT2D eigenvalue weighted by atomic mass is 14.0. The molecule has 0 saturated carbocycles. The van der Waals surface area contributed by atoms with E-state index in [9.17, 15) is 0 Å². The van der Waals surface area contributed by atoms with Crippen LogP contribution in [0.2, 0.25) is 0 Å². The summed E-state index contributed by atoms with van der Waals surface area (Å²) >= 11 is 0. The van der Waals surface area contributed by atoms with Crippen LogP contribution in [0.15, 0.2) is 24.3 Å². The zero-order valence-corrected chi connectivity index (χ0v) is 12.4. The van der Waals surface area contributed by atoms with Crippen LogP contribution in [0.4, 0.5) is 0 Å². The fourth-order valence-electron chi connectivity index (χ4n) is 2.39. The molecule has 1 aromatic rings. The van der Waals surface area contributed by atoms with Crippen molar-refractivity contribution in [2.45, 2.75) is 78.1 Å². The molecule has 0 atom stereocenters. The summed E-state index contributed by atoms with van der Waals surface area (Å²) < 4.78 is 0. The van der Waals surface area contributed by atoms with Crippen molar-refractivity contribution in [3.63, 3.8) is 0 Å². The maximum absolute atomic E-state index is 2.28. The average Bonchev–Trinajstić information content (AvgIpc) is 2.39. The number of unbranched alkanes of at least 4 members (excludes halogenated alkanes) is 8. The predicted octanol–water partition coefficient (Wildman–Crippen LogP) is 6.07. The molecule has 0 nitrogen and oxygen atoms in total. The van der Waals surface area contributed by atoms with E-state index in [4.69, 9.17) is 0 Å². The van der Waals surface area contributed by atoms with Crippen LogP contribution in [-0.4, -0.2) is 0 Å². The van der Waals surface area contributed by atoms with Gasteiger partial charge in [-0.2, -0.15) is 0 Å². The Hall–Kier alpha value is -0.780. The Morgan fingerprint density at radius 1 is 0.667 bits per heavy atom. The molecule has 0 bridgehead atoms.